The summed E-state index contributed by atoms with van der Waals surface area (Å²) in [5.74, 6) is -1.30. The second-order valence-corrected chi connectivity index (χ2v) is 5.37. The van der Waals surface area contributed by atoms with Crippen molar-refractivity contribution in [2.45, 2.75) is 26.6 Å². The fraction of sp³-hybridized carbons (Fsp3) is 0.267. The molecule has 0 radical (unpaired) electrons. The maximum atomic E-state index is 12.5. The number of hydrogen-bond donors (Lipinski definition) is 0. The van der Waals surface area contributed by atoms with Crippen molar-refractivity contribution >= 4 is 0 Å². The van der Waals surface area contributed by atoms with E-state index in [1.807, 2.05) is 19.9 Å². The maximum absolute atomic E-state index is 12.5. The van der Waals surface area contributed by atoms with E-state index in [4.69, 9.17) is 0 Å². The molecule has 10 heteroatoms. The predicted octanol–water partition coefficient (Wildman–Crippen LogP) is 2.37. The highest BCUT2D eigenvalue weighted by Crippen LogP contribution is 2.29. The summed E-state index contributed by atoms with van der Waals surface area (Å²) in [4.78, 5) is 23.9. The Morgan fingerprint density at radius 1 is 1.12 bits per heavy atom. The summed E-state index contributed by atoms with van der Waals surface area (Å²) in [6.07, 6.45) is -3.32. The standard InChI is InChI=1S/C15H12F3N5O2/c1-8-5-9(2)20-11(19-8)7-23-4-3-10(6-12(23)24)13-21-14(25-22-13)15(16,17)18/h3-6H,7H2,1-2H3. The van der Waals surface area contributed by atoms with Crippen molar-refractivity contribution in [1.29, 1.82) is 0 Å². The molecule has 3 aromatic heterocycles. The summed E-state index contributed by atoms with van der Waals surface area (Å²) in [5, 5.41) is 3.25. The number of rotatable bonds is 3. The number of alkyl halides is 3. The Balaban J connectivity index is 1.88. The maximum Gasteiger partial charge on any atom is 0.471 e. The van der Waals surface area contributed by atoms with Crippen LogP contribution in [0.25, 0.3) is 11.4 Å². The molecule has 25 heavy (non-hydrogen) atoms. The number of pyridine rings is 1. The summed E-state index contributed by atoms with van der Waals surface area (Å²) < 4.78 is 43.0. The minimum atomic E-state index is -4.74. The van der Waals surface area contributed by atoms with Gasteiger partial charge in [-0.2, -0.15) is 18.2 Å². The molecule has 0 atom stereocenters. The second-order valence-electron chi connectivity index (χ2n) is 5.37. The first-order chi connectivity index (χ1) is 11.7. The van der Waals surface area contributed by atoms with Gasteiger partial charge in [-0.3, -0.25) is 4.79 Å². The minimum absolute atomic E-state index is 0.127. The minimum Gasteiger partial charge on any atom is -0.329 e. The van der Waals surface area contributed by atoms with Gasteiger partial charge < -0.3 is 9.09 Å². The molecule has 3 aromatic rings. The zero-order valence-corrected chi connectivity index (χ0v) is 13.2. The molecular formula is C15H12F3N5O2. The van der Waals surface area contributed by atoms with Gasteiger partial charge >= 0.3 is 12.1 Å². The van der Waals surface area contributed by atoms with Crippen molar-refractivity contribution < 1.29 is 17.7 Å². The SMILES string of the molecule is Cc1cc(C)nc(Cn2ccc(-c3noc(C(F)(F)F)n3)cc2=O)n1. The molecule has 0 aliphatic heterocycles. The molecule has 0 aliphatic carbocycles. The van der Waals surface area contributed by atoms with Gasteiger partial charge in [-0.25, -0.2) is 9.97 Å². The average molecular weight is 351 g/mol. The second kappa shape index (κ2) is 6.11. The fourth-order valence-electron chi connectivity index (χ4n) is 2.26. The molecule has 0 spiro atoms. The molecule has 0 aromatic carbocycles. The van der Waals surface area contributed by atoms with E-state index < -0.39 is 17.6 Å². The molecule has 7 nitrogen and oxygen atoms in total. The summed E-state index contributed by atoms with van der Waals surface area (Å²) in [6.45, 7) is 3.78. The Bertz CT molecular complexity index is 958. The van der Waals surface area contributed by atoms with Crippen LogP contribution in [0.1, 0.15) is 23.1 Å². The lowest BCUT2D eigenvalue weighted by molar-refractivity contribution is -0.159. The van der Waals surface area contributed by atoms with Gasteiger partial charge in [0, 0.05) is 29.2 Å². The monoisotopic (exact) mass is 351 g/mol. The van der Waals surface area contributed by atoms with Crippen LogP contribution >= 0.6 is 0 Å². The van der Waals surface area contributed by atoms with Crippen LogP contribution < -0.4 is 5.56 Å². The van der Waals surface area contributed by atoms with Crippen molar-refractivity contribution in [2.75, 3.05) is 0 Å². The molecule has 0 saturated heterocycles. The lowest BCUT2D eigenvalue weighted by atomic mass is 10.2. The average Bonchev–Trinajstić information content (AvgIpc) is 2.98. The molecule has 0 saturated carbocycles. The Morgan fingerprint density at radius 2 is 1.80 bits per heavy atom. The summed E-state index contributed by atoms with van der Waals surface area (Å²) in [7, 11) is 0. The van der Waals surface area contributed by atoms with Crippen LogP contribution in [-0.4, -0.2) is 24.7 Å². The zero-order valence-electron chi connectivity index (χ0n) is 13.2. The van der Waals surface area contributed by atoms with E-state index in [9.17, 15) is 18.0 Å². The van der Waals surface area contributed by atoms with E-state index in [1.54, 1.807) is 0 Å². The van der Waals surface area contributed by atoms with Gasteiger partial charge in [0.05, 0.1) is 6.54 Å². The van der Waals surface area contributed by atoms with Crippen LogP contribution in [0.3, 0.4) is 0 Å². The highest BCUT2D eigenvalue weighted by Gasteiger charge is 2.38. The predicted molar refractivity (Wildman–Crippen MR) is 79.6 cm³/mol. The van der Waals surface area contributed by atoms with Gasteiger partial charge in [0.2, 0.25) is 5.82 Å². The topological polar surface area (TPSA) is 86.7 Å². The van der Waals surface area contributed by atoms with E-state index in [0.29, 0.717) is 5.82 Å². The first kappa shape index (κ1) is 16.8. The largest absolute Gasteiger partial charge is 0.471 e. The van der Waals surface area contributed by atoms with Crippen LogP contribution in [0.2, 0.25) is 0 Å². The molecule has 0 amide bonds. The Labute approximate surface area is 139 Å². The third kappa shape index (κ3) is 3.73. The summed E-state index contributed by atoms with van der Waals surface area (Å²) in [5.41, 5.74) is 1.23. The quantitative estimate of drug-likeness (QED) is 0.720. The normalized spacial score (nSPS) is 11.7. The van der Waals surface area contributed by atoms with Gasteiger partial charge in [-0.05, 0) is 26.0 Å². The van der Waals surface area contributed by atoms with E-state index in [1.165, 1.54) is 16.8 Å². The van der Waals surface area contributed by atoms with E-state index in [-0.39, 0.29) is 17.9 Å². The molecule has 0 aliphatic rings. The van der Waals surface area contributed by atoms with Crippen molar-refractivity contribution in [3.63, 3.8) is 0 Å². The highest BCUT2D eigenvalue weighted by atomic mass is 19.4. The number of aromatic nitrogens is 5. The van der Waals surface area contributed by atoms with Crippen molar-refractivity contribution in [3.05, 3.63) is 57.9 Å². The third-order valence-electron chi connectivity index (χ3n) is 3.26. The first-order valence-corrected chi connectivity index (χ1v) is 7.15. The first-order valence-electron chi connectivity index (χ1n) is 7.15. The lowest BCUT2D eigenvalue weighted by Gasteiger charge is -2.06. The number of halogens is 3. The molecule has 0 bridgehead atoms. The molecule has 0 N–H and O–H groups in total. The molecule has 130 valence electrons. The van der Waals surface area contributed by atoms with Gasteiger partial charge in [0.25, 0.3) is 5.56 Å². The van der Waals surface area contributed by atoms with Crippen LogP contribution in [0.15, 0.2) is 33.7 Å². The Hall–Kier alpha value is -3.04. The van der Waals surface area contributed by atoms with Crippen molar-refractivity contribution in [2.24, 2.45) is 0 Å². The summed E-state index contributed by atoms with van der Waals surface area (Å²) >= 11 is 0. The van der Waals surface area contributed by atoms with Crippen molar-refractivity contribution in [1.82, 2.24) is 24.7 Å². The molecule has 3 heterocycles. The zero-order chi connectivity index (χ0) is 18.2. The van der Waals surface area contributed by atoms with Crippen molar-refractivity contribution in [3.8, 4) is 11.4 Å². The van der Waals surface area contributed by atoms with Crippen LogP contribution in [0, 0.1) is 13.8 Å². The Kier molecular flexibility index (Phi) is 4.11. The summed E-state index contributed by atoms with van der Waals surface area (Å²) in [6, 6.07) is 4.37. The van der Waals surface area contributed by atoms with Gasteiger partial charge in [-0.15, -0.1) is 0 Å². The van der Waals surface area contributed by atoms with Gasteiger partial charge in [0.1, 0.15) is 5.82 Å². The van der Waals surface area contributed by atoms with Gasteiger partial charge in [0.15, 0.2) is 0 Å². The van der Waals surface area contributed by atoms with E-state index >= 15 is 0 Å². The number of nitrogens with zero attached hydrogens (tertiary/aromatic N) is 5. The fourth-order valence-corrected chi connectivity index (χ4v) is 2.26. The van der Waals surface area contributed by atoms with E-state index in [2.05, 4.69) is 24.6 Å². The van der Waals surface area contributed by atoms with E-state index in [0.717, 1.165) is 17.5 Å². The number of aryl methyl sites for hydroxylation is 2. The van der Waals surface area contributed by atoms with Crippen LogP contribution in [0.4, 0.5) is 13.2 Å². The van der Waals surface area contributed by atoms with Gasteiger partial charge in [-0.1, -0.05) is 5.16 Å². The highest BCUT2D eigenvalue weighted by molar-refractivity contribution is 5.52. The number of hydrogen-bond acceptors (Lipinski definition) is 6. The molecule has 3 rings (SSSR count). The van der Waals surface area contributed by atoms with Crippen LogP contribution in [-0.2, 0) is 12.7 Å². The van der Waals surface area contributed by atoms with Crippen LogP contribution in [0.5, 0.6) is 0 Å². The lowest BCUT2D eigenvalue weighted by Crippen LogP contribution is -2.20. The molecule has 0 unspecified atom stereocenters. The molecular weight excluding hydrogens is 339 g/mol. The third-order valence-corrected chi connectivity index (χ3v) is 3.26. The smallest absolute Gasteiger partial charge is 0.329 e. The Morgan fingerprint density at radius 3 is 2.36 bits per heavy atom. The molecule has 0 fully saturated rings.